The summed E-state index contributed by atoms with van der Waals surface area (Å²) in [5.41, 5.74) is 0.402. The van der Waals surface area contributed by atoms with E-state index in [1.165, 1.54) is 0 Å². The Morgan fingerprint density at radius 2 is 2.33 bits per heavy atom. The van der Waals surface area contributed by atoms with Crippen LogP contribution >= 0.6 is 15.9 Å². The molecular weight excluding hydrogens is 264 g/mol. The van der Waals surface area contributed by atoms with Crippen molar-refractivity contribution >= 4 is 27.8 Å². The summed E-state index contributed by atoms with van der Waals surface area (Å²) in [6.07, 6.45) is 1.55. The van der Waals surface area contributed by atoms with Crippen LogP contribution in [0.2, 0.25) is 0 Å². The van der Waals surface area contributed by atoms with Gasteiger partial charge in [-0.1, -0.05) is 0 Å². The van der Waals surface area contributed by atoms with Crippen molar-refractivity contribution in [3.63, 3.8) is 0 Å². The third kappa shape index (κ3) is 3.75. The van der Waals surface area contributed by atoms with E-state index in [0.29, 0.717) is 5.69 Å². The first-order valence-electron chi connectivity index (χ1n) is 4.35. The summed E-state index contributed by atoms with van der Waals surface area (Å²) in [6, 6.07) is 1.24. The monoisotopic (exact) mass is 274 g/mol. The average Bonchev–Trinajstić information content (AvgIpc) is 2.49. The molecular formula is C9H11BrN2O3. The maximum Gasteiger partial charge on any atom is 0.305 e. The standard InChI is InChI=1S/C9H11BrN2O3/c1-5(2-8(13)14)12-9(15)7-3-6(10)4-11-7/h3-5,11H,2H2,1H3,(H,12,15)(H,13,14). The van der Waals surface area contributed by atoms with Gasteiger partial charge in [-0.3, -0.25) is 9.59 Å². The number of hydrogen-bond acceptors (Lipinski definition) is 2. The van der Waals surface area contributed by atoms with Gasteiger partial charge in [-0.25, -0.2) is 0 Å². The second kappa shape index (κ2) is 4.97. The maximum absolute atomic E-state index is 11.5. The topological polar surface area (TPSA) is 82.2 Å². The van der Waals surface area contributed by atoms with E-state index in [-0.39, 0.29) is 12.3 Å². The van der Waals surface area contributed by atoms with Crippen LogP contribution in [0.25, 0.3) is 0 Å². The molecule has 0 saturated carbocycles. The van der Waals surface area contributed by atoms with Gasteiger partial charge in [-0.05, 0) is 28.9 Å². The molecule has 6 heteroatoms. The Kier molecular flexibility index (Phi) is 3.90. The molecule has 1 atom stereocenters. The van der Waals surface area contributed by atoms with Crippen LogP contribution in [0.3, 0.4) is 0 Å². The fourth-order valence-corrected chi connectivity index (χ4v) is 1.46. The lowest BCUT2D eigenvalue weighted by Crippen LogP contribution is -2.34. The Morgan fingerprint density at radius 1 is 1.67 bits per heavy atom. The minimum Gasteiger partial charge on any atom is -0.481 e. The van der Waals surface area contributed by atoms with Gasteiger partial charge in [0.1, 0.15) is 5.69 Å². The molecule has 3 N–H and O–H groups in total. The van der Waals surface area contributed by atoms with Crippen molar-refractivity contribution in [2.75, 3.05) is 0 Å². The van der Waals surface area contributed by atoms with Crippen molar-refractivity contribution in [2.24, 2.45) is 0 Å². The van der Waals surface area contributed by atoms with Crippen LogP contribution in [-0.4, -0.2) is 28.0 Å². The minimum atomic E-state index is -0.935. The third-order valence-electron chi connectivity index (χ3n) is 1.75. The predicted octanol–water partition coefficient (Wildman–Crippen LogP) is 1.37. The van der Waals surface area contributed by atoms with Crippen molar-refractivity contribution in [1.29, 1.82) is 0 Å². The van der Waals surface area contributed by atoms with E-state index in [1.54, 1.807) is 19.2 Å². The molecule has 1 rings (SSSR count). The Bertz CT molecular complexity index is 375. The van der Waals surface area contributed by atoms with Gasteiger partial charge >= 0.3 is 5.97 Å². The Balaban J connectivity index is 2.52. The first kappa shape index (κ1) is 11.8. The summed E-state index contributed by atoms with van der Waals surface area (Å²) >= 11 is 3.20. The Labute approximate surface area is 95.0 Å². The number of aromatic nitrogens is 1. The van der Waals surface area contributed by atoms with Crippen molar-refractivity contribution < 1.29 is 14.7 Å². The van der Waals surface area contributed by atoms with Crippen LogP contribution in [0.1, 0.15) is 23.8 Å². The normalized spacial score (nSPS) is 12.1. The molecule has 0 bridgehead atoms. The zero-order valence-corrected chi connectivity index (χ0v) is 9.67. The highest BCUT2D eigenvalue weighted by molar-refractivity contribution is 9.10. The number of amides is 1. The summed E-state index contributed by atoms with van der Waals surface area (Å²) in [4.78, 5) is 24.6. The van der Waals surface area contributed by atoms with E-state index in [9.17, 15) is 9.59 Å². The highest BCUT2D eigenvalue weighted by atomic mass is 79.9. The second-order valence-corrected chi connectivity index (χ2v) is 4.12. The summed E-state index contributed by atoms with van der Waals surface area (Å²) in [5, 5.41) is 11.1. The van der Waals surface area contributed by atoms with Gasteiger partial charge in [0.25, 0.3) is 5.91 Å². The van der Waals surface area contributed by atoms with Crippen LogP contribution in [0.5, 0.6) is 0 Å². The average molecular weight is 275 g/mol. The van der Waals surface area contributed by atoms with E-state index in [1.807, 2.05) is 0 Å². The molecule has 0 fully saturated rings. The largest absolute Gasteiger partial charge is 0.481 e. The molecule has 0 aliphatic heterocycles. The zero-order valence-electron chi connectivity index (χ0n) is 8.08. The molecule has 0 aliphatic rings. The summed E-state index contributed by atoms with van der Waals surface area (Å²) in [7, 11) is 0. The van der Waals surface area contributed by atoms with E-state index < -0.39 is 12.0 Å². The zero-order chi connectivity index (χ0) is 11.4. The SMILES string of the molecule is CC(CC(=O)O)NC(=O)c1cc(Br)c[nH]1. The number of hydrogen-bond donors (Lipinski definition) is 3. The van der Waals surface area contributed by atoms with Gasteiger partial charge in [0.15, 0.2) is 0 Å². The fourth-order valence-electron chi connectivity index (χ4n) is 1.11. The van der Waals surface area contributed by atoms with Crippen LogP contribution in [0.4, 0.5) is 0 Å². The molecule has 1 heterocycles. The van der Waals surface area contributed by atoms with Gasteiger partial charge < -0.3 is 15.4 Å². The maximum atomic E-state index is 11.5. The van der Waals surface area contributed by atoms with E-state index in [2.05, 4.69) is 26.2 Å². The number of aromatic amines is 1. The molecule has 0 saturated heterocycles. The number of carboxylic acids is 1. The number of rotatable bonds is 4. The van der Waals surface area contributed by atoms with Crippen LogP contribution in [-0.2, 0) is 4.79 Å². The van der Waals surface area contributed by atoms with Gasteiger partial charge in [0.2, 0.25) is 0 Å². The number of carbonyl (C=O) groups is 2. The van der Waals surface area contributed by atoms with E-state index >= 15 is 0 Å². The van der Waals surface area contributed by atoms with Gasteiger partial charge in [-0.2, -0.15) is 0 Å². The first-order valence-corrected chi connectivity index (χ1v) is 5.15. The lowest BCUT2D eigenvalue weighted by Gasteiger charge is -2.10. The van der Waals surface area contributed by atoms with Crippen molar-refractivity contribution in [2.45, 2.75) is 19.4 Å². The molecule has 1 unspecified atom stereocenters. The van der Waals surface area contributed by atoms with Crippen molar-refractivity contribution in [3.8, 4) is 0 Å². The highest BCUT2D eigenvalue weighted by Gasteiger charge is 2.13. The molecule has 1 aromatic rings. The van der Waals surface area contributed by atoms with Crippen LogP contribution in [0.15, 0.2) is 16.7 Å². The Hall–Kier alpha value is -1.30. The molecule has 1 amide bonds. The number of nitrogens with one attached hydrogen (secondary N) is 2. The smallest absolute Gasteiger partial charge is 0.305 e. The first-order chi connectivity index (χ1) is 6.99. The molecule has 15 heavy (non-hydrogen) atoms. The number of carbonyl (C=O) groups excluding carboxylic acids is 1. The fraction of sp³-hybridized carbons (Fsp3) is 0.333. The highest BCUT2D eigenvalue weighted by Crippen LogP contribution is 2.10. The molecule has 82 valence electrons. The molecule has 0 aromatic carbocycles. The molecule has 0 aliphatic carbocycles. The summed E-state index contributed by atoms with van der Waals surface area (Å²) < 4.78 is 0.776. The van der Waals surface area contributed by atoms with Crippen LogP contribution in [0, 0.1) is 0 Å². The number of carboxylic acid groups (broad SMARTS) is 1. The second-order valence-electron chi connectivity index (χ2n) is 3.20. The van der Waals surface area contributed by atoms with Gasteiger partial charge in [0.05, 0.1) is 6.42 Å². The van der Waals surface area contributed by atoms with Crippen LogP contribution < -0.4 is 5.32 Å². The van der Waals surface area contributed by atoms with E-state index in [4.69, 9.17) is 5.11 Å². The summed E-state index contributed by atoms with van der Waals surface area (Å²) in [5.74, 6) is -1.25. The molecule has 1 aromatic heterocycles. The Morgan fingerprint density at radius 3 is 2.80 bits per heavy atom. The van der Waals surface area contributed by atoms with Crippen molar-refractivity contribution in [3.05, 3.63) is 22.4 Å². The quantitative estimate of drug-likeness (QED) is 0.776. The predicted molar refractivity (Wildman–Crippen MR) is 57.7 cm³/mol. The van der Waals surface area contributed by atoms with E-state index in [0.717, 1.165) is 4.47 Å². The lowest BCUT2D eigenvalue weighted by molar-refractivity contribution is -0.137. The molecule has 0 spiro atoms. The van der Waals surface area contributed by atoms with Gasteiger partial charge in [-0.15, -0.1) is 0 Å². The minimum absolute atomic E-state index is 0.0897. The summed E-state index contributed by atoms with van der Waals surface area (Å²) in [6.45, 7) is 1.64. The lowest BCUT2D eigenvalue weighted by atomic mass is 10.2. The third-order valence-corrected chi connectivity index (χ3v) is 2.21. The number of aliphatic carboxylic acids is 1. The molecule has 5 nitrogen and oxygen atoms in total. The van der Waals surface area contributed by atoms with Gasteiger partial charge in [0, 0.05) is 16.7 Å². The number of H-pyrrole nitrogens is 1. The number of halogens is 1. The molecule has 0 radical (unpaired) electrons. The van der Waals surface area contributed by atoms with Crippen molar-refractivity contribution in [1.82, 2.24) is 10.3 Å².